The van der Waals surface area contributed by atoms with Gasteiger partial charge in [-0.25, -0.2) is 8.78 Å². The molecule has 0 atom stereocenters. The first-order valence-electron chi connectivity index (χ1n) is 9.05. The lowest BCUT2D eigenvalue weighted by molar-refractivity contribution is 0.0303. The number of rotatable bonds is 4. The second kappa shape index (κ2) is 8.26. The first-order valence-corrected chi connectivity index (χ1v) is 9.81. The largest absolute Gasteiger partial charge is 0.378 e. The van der Waals surface area contributed by atoms with Crippen molar-refractivity contribution in [3.63, 3.8) is 0 Å². The van der Waals surface area contributed by atoms with E-state index in [0.29, 0.717) is 64.1 Å². The van der Waals surface area contributed by atoms with Crippen LogP contribution in [0, 0.1) is 0 Å². The van der Waals surface area contributed by atoms with Crippen molar-refractivity contribution in [3.8, 4) is 11.3 Å². The Morgan fingerprint density at radius 1 is 1.10 bits per heavy atom. The topological polar surface area (TPSA) is 47.4 Å². The molecule has 0 saturated carbocycles. The molecule has 3 aromatic rings. The Kier molecular flexibility index (Phi) is 5.72. The highest BCUT2D eigenvalue weighted by atomic mass is 35.5. The molecule has 4 rings (SSSR count). The van der Waals surface area contributed by atoms with Crippen LogP contribution in [0.25, 0.3) is 22.2 Å². The van der Waals surface area contributed by atoms with Crippen LogP contribution >= 0.6 is 23.2 Å². The molecule has 0 N–H and O–H groups in total. The van der Waals surface area contributed by atoms with Gasteiger partial charge >= 0.3 is 0 Å². The van der Waals surface area contributed by atoms with Gasteiger partial charge < -0.3 is 9.64 Å². The quantitative estimate of drug-likeness (QED) is 0.589. The Hall–Kier alpha value is -2.22. The first-order chi connectivity index (χ1) is 13.9. The lowest BCUT2D eigenvalue weighted by Crippen LogP contribution is -2.40. The highest BCUT2D eigenvalue weighted by molar-refractivity contribution is 6.42. The van der Waals surface area contributed by atoms with Crippen LogP contribution in [-0.2, 0) is 11.3 Å². The monoisotopic (exact) mass is 439 g/mol. The molecule has 1 aliphatic rings. The van der Waals surface area contributed by atoms with E-state index in [1.165, 1.54) is 4.68 Å². The third-order valence-corrected chi connectivity index (χ3v) is 5.54. The van der Waals surface area contributed by atoms with Gasteiger partial charge in [-0.3, -0.25) is 9.48 Å². The Morgan fingerprint density at radius 2 is 1.86 bits per heavy atom. The summed E-state index contributed by atoms with van der Waals surface area (Å²) in [6, 6.07) is 9.97. The van der Waals surface area contributed by atoms with Gasteiger partial charge in [0.2, 0.25) is 0 Å². The molecule has 29 heavy (non-hydrogen) atoms. The Labute approximate surface area is 175 Å². The maximum absolute atomic E-state index is 13.1. The number of amides is 1. The number of fused-ring (bicyclic) bond motifs is 1. The van der Waals surface area contributed by atoms with Crippen molar-refractivity contribution in [2.75, 3.05) is 26.3 Å². The van der Waals surface area contributed by atoms with E-state index in [0.717, 1.165) is 0 Å². The Balaban J connectivity index is 1.82. The lowest BCUT2D eigenvalue weighted by atomic mass is 10.0. The van der Waals surface area contributed by atoms with Gasteiger partial charge in [0.1, 0.15) is 12.2 Å². The maximum atomic E-state index is 13.1. The summed E-state index contributed by atoms with van der Waals surface area (Å²) < 4.78 is 32.7. The SMILES string of the molecule is O=C(c1ccc2c(c1)c(-c1ccc(Cl)c(Cl)c1)nn2CC(F)F)N1CCOCC1. The van der Waals surface area contributed by atoms with Gasteiger partial charge in [0, 0.05) is 29.6 Å². The van der Waals surface area contributed by atoms with Gasteiger partial charge in [0.15, 0.2) is 0 Å². The van der Waals surface area contributed by atoms with Crippen molar-refractivity contribution in [1.82, 2.24) is 14.7 Å². The molecule has 9 heteroatoms. The molecule has 1 fully saturated rings. The van der Waals surface area contributed by atoms with Crippen molar-refractivity contribution < 1.29 is 18.3 Å². The summed E-state index contributed by atoms with van der Waals surface area (Å²) >= 11 is 12.1. The second-order valence-corrected chi connectivity index (χ2v) is 7.50. The molecule has 0 spiro atoms. The third kappa shape index (κ3) is 4.08. The minimum absolute atomic E-state index is 0.128. The van der Waals surface area contributed by atoms with Crippen LogP contribution in [-0.4, -0.2) is 53.3 Å². The molecule has 1 aromatic heterocycles. The fourth-order valence-corrected chi connectivity index (χ4v) is 3.69. The molecule has 1 saturated heterocycles. The summed E-state index contributed by atoms with van der Waals surface area (Å²) in [7, 11) is 0. The van der Waals surface area contributed by atoms with E-state index in [1.807, 2.05) is 0 Å². The van der Waals surface area contributed by atoms with E-state index in [4.69, 9.17) is 27.9 Å². The molecule has 2 aromatic carbocycles. The third-order valence-electron chi connectivity index (χ3n) is 4.80. The lowest BCUT2D eigenvalue weighted by Gasteiger charge is -2.26. The standard InChI is InChI=1S/C20H17Cl2F2N3O2/c21-15-3-1-12(10-16(15)22)19-14-9-13(20(28)26-5-7-29-8-6-26)2-4-17(14)27(25-19)11-18(23)24/h1-4,9-10,18H,5-8,11H2. The van der Waals surface area contributed by atoms with E-state index in [9.17, 15) is 13.6 Å². The second-order valence-electron chi connectivity index (χ2n) is 6.69. The molecular formula is C20H17Cl2F2N3O2. The molecule has 0 unspecified atom stereocenters. The summed E-state index contributed by atoms with van der Waals surface area (Å²) in [5.74, 6) is -0.128. The number of alkyl halides is 2. The van der Waals surface area contributed by atoms with Crippen molar-refractivity contribution in [3.05, 3.63) is 52.0 Å². The highest BCUT2D eigenvalue weighted by Crippen LogP contribution is 2.33. The number of benzene rings is 2. The number of hydrogen-bond donors (Lipinski definition) is 0. The van der Waals surface area contributed by atoms with E-state index in [1.54, 1.807) is 41.3 Å². The number of ether oxygens (including phenoxy) is 1. The average molecular weight is 440 g/mol. The van der Waals surface area contributed by atoms with E-state index in [-0.39, 0.29) is 5.91 Å². The average Bonchev–Trinajstić information content (AvgIpc) is 3.07. The van der Waals surface area contributed by atoms with Crippen LogP contribution in [0.4, 0.5) is 8.78 Å². The molecule has 1 aliphatic heterocycles. The molecule has 2 heterocycles. The van der Waals surface area contributed by atoms with E-state index in [2.05, 4.69) is 5.10 Å². The van der Waals surface area contributed by atoms with Gasteiger partial charge in [-0.2, -0.15) is 5.10 Å². The molecular weight excluding hydrogens is 423 g/mol. The van der Waals surface area contributed by atoms with Crippen LogP contribution in [0.1, 0.15) is 10.4 Å². The number of morpholine rings is 1. The van der Waals surface area contributed by atoms with Crippen LogP contribution in [0.2, 0.25) is 10.0 Å². The zero-order valence-electron chi connectivity index (χ0n) is 15.2. The molecule has 1 amide bonds. The number of halogens is 4. The van der Waals surface area contributed by atoms with Crippen molar-refractivity contribution in [2.45, 2.75) is 13.0 Å². The summed E-state index contributed by atoms with van der Waals surface area (Å²) in [4.78, 5) is 14.6. The van der Waals surface area contributed by atoms with Crippen molar-refractivity contribution in [1.29, 1.82) is 0 Å². The van der Waals surface area contributed by atoms with Gasteiger partial charge in [0.25, 0.3) is 12.3 Å². The smallest absolute Gasteiger partial charge is 0.257 e. The highest BCUT2D eigenvalue weighted by Gasteiger charge is 2.21. The van der Waals surface area contributed by atoms with Crippen LogP contribution in [0.5, 0.6) is 0 Å². The van der Waals surface area contributed by atoms with Crippen molar-refractivity contribution in [2.24, 2.45) is 0 Å². The van der Waals surface area contributed by atoms with E-state index >= 15 is 0 Å². The predicted octanol–water partition coefficient (Wildman–Crippen LogP) is 4.75. The minimum atomic E-state index is -2.56. The Bertz CT molecular complexity index is 1070. The number of carbonyl (C=O) groups excluding carboxylic acids is 1. The maximum Gasteiger partial charge on any atom is 0.257 e. The fourth-order valence-electron chi connectivity index (χ4n) is 3.39. The number of aromatic nitrogens is 2. The summed E-state index contributed by atoms with van der Waals surface area (Å²) in [6.45, 7) is 1.47. The fraction of sp³-hybridized carbons (Fsp3) is 0.300. The zero-order valence-corrected chi connectivity index (χ0v) is 16.8. The molecule has 0 radical (unpaired) electrons. The normalized spacial score (nSPS) is 14.7. The van der Waals surface area contributed by atoms with Gasteiger partial charge in [-0.15, -0.1) is 0 Å². The summed E-state index contributed by atoms with van der Waals surface area (Å²) in [5, 5.41) is 5.69. The number of carbonyl (C=O) groups is 1. The number of hydrogen-bond acceptors (Lipinski definition) is 3. The molecule has 152 valence electrons. The molecule has 0 bridgehead atoms. The van der Waals surface area contributed by atoms with Gasteiger partial charge in [-0.05, 0) is 30.3 Å². The molecule has 5 nitrogen and oxygen atoms in total. The first kappa shape index (κ1) is 20.1. The van der Waals surface area contributed by atoms with Crippen LogP contribution in [0.3, 0.4) is 0 Å². The van der Waals surface area contributed by atoms with Gasteiger partial charge in [0.05, 0.1) is 28.8 Å². The zero-order chi connectivity index (χ0) is 20.5. The van der Waals surface area contributed by atoms with E-state index < -0.39 is 13.0 Å². The number of nitrogens with zero attached hydrogens (tertiary/aromatic N) is 3. The minimum Gasteiger partial charge on any atom is -0.378 e. The summed E-state index contributed by atoms with van der Waals surface area (Å²) in [6.07, 6.45) is -2.56. The Morgan fingerprint density at radius 3 is 2.55 bits per heavy atom. The van der Waals surface area contributed by atoms with Gasteiger partial charge in [-0.1, -0.05) is 29.3 Å². The van der Waals surface area contributed by atoms with Crippen LogP contribution in [0.15, 0.2) is 36.4 Å². The van der Waals surface area contributed by atoms with Crippen molar-refractivity contribution >= 4 is 40.0 Å². The molecule has 0 aliphatic carbocycles. The summed E-state index contributed by atoms with van der Waals surface area (Å²) in [5.41, 5.74) is 2.09. The predicted molar refractivity (Wildman–Crippen MR) is 108 cm³/mol. The van der Waals surface area contributed by atoms with Crippen LogP contribution < -0.4 is 0 Å².